The minimum absolute atomic E-state index is 0. The van der Waals surface area contributed by atoms with E-state index in [1.807, 2.05) is 0 Å². The number of aliphatic carboxylic acids is 3. The number of carbonyl (C=O) groups is 3. The Morgan fingerprint density at radius 1 is 0.850 bits per heavy atom. The van der Waals surface area contributed by atoms with Crippen molar-refractivity contribution in [1.82, 2.24) is 0 Å². The maximum Gasteiger partial charge on any atom is 2.00 e. The molecule has 14 heteroatoms. The summed E-state index contributed by atoms with van der Waals surface area (Å²) in [5, 5.41) is 33.8. The van der Waals surface area contributed by atoms with Gasteiger partial charge in [-0.1, -0.05) is 0 Å². The summed E-state index contributed by atoms with van der Waals surface area (Å²) < 4.78 is 0. The van der Waals surface area contributed by atoms with Crippen LogP contribution in [0.3, 0.4) is 0 Å². The van der Waals surface area contributed by atoms with E-state index < -0.39 is 45.4 Å². The van der Waals surface area contributed by atoms with E-state index in [2.05, 4.69) is 0 Å². The number of hydrogen-bond donors (Lipinski definition) is 4. The summed E-state index contributed by atoms with van der Waals surface area (Å²) in [5.41, 5.74) is -2.74. The summed E-state index contributed by atoms with van der Waals surface area (Å²) in [6, 6.07) is 0. The average molecular weight is 364 g/mol. The zero-order chi connectivity index (χ0) is 15.1. The average Bonchev–Trinajstić information content (AvgIpc) is 1.95. The molecule has 11 nitrogen and oxygen atoms in total. The molecular weight excluding hydrogens is 356 g/mol. The fourth-order valence-electron chi connectivity index (χ4n) is 0.714. The summed E-state index contributed by atoms with van der Waals surface area (Å²) in [7, 11) is -5.61. The number of rotatable bonds is 5. The first-order valence-corrected chi connectivity index (χ1v) is 5.62. The van der Waals surface area contributed by atoms with Gasteiger partial charge in [0.2, 0.25) is 0 Å². The molecule has 20 heavy (non-hydrogen) atoms. The molecule has 0 aromatic heterocycles. The molecule has 0 aliphatic rings. The van der Waals surface area contributed by atoms with Gasteiger partial charge in [-0.25, -0.2) is 4.79 Å². The molecule has 0 rings (SSSR count). The van der Waals surface area contributed by atoms with Crippen LogP contribution in [0.15, 0.2) is 0 Å². The zero-order valence-corrected chi connectivity index (χ0v) is 15.4. The molecule has 0 aliphatic heterocycles. The smallest absolute Gasteiger partial charge is 0.894 e. The van der Waals surface area contributed by atoms with Gasteiger partial charge in [-0.05, 0) is 0 Å². The molecule has 0 heterocycles. The van der Waals surface area contributed by atoms with Crippen molar-refractivity contribution in [1.29, 1.82) is 0 Å². The Bertz CT molecular complexity index is 305. The van der Waals surface area contributed by atoms with Crippen molar-refractivity contribution in [2.24, 2.45) is 0 Å². The minimum Gasteiger partial charge on any atom is -0.894 e. The second kappa shape index (κ2) is 12.5. The van der Waals surface area contributed by atoms with Gasteiger partial charge in [-0.2, -0.15) is 0 Å². The van der Waals surface area contributed by atoms with E-state index >= 15 is 0 Å². The molecule has 0 aliphatic carbocycles. The van der Waals surface area contributed by atoms with Crippen molar-refractivity contribution in [2.75, 3.05) is 0 Å². The predicted octanol–water partition coefficient (Wildman–Crippen LogP) is -7.15. The monoisotopic (exact) mass is 364 g/mol. The Balaban J connectivity index is -0.000000158. The molecule has 0 amide bonds. The van der Waals surface area contributed by atoms with Crippen molar-refractivity contribution in [3.63, 3.8) is 0 Å². The van der Waals surface area contributed by atoms with Gasteiger partial charge in [0.25, 0.3) is 0 Å². The fourth-order valence-corrected chi connectivity index (χ4v) is 0.714. The Morgan fingerprint density at radius 2 is 1.05 bits per heavy atom. The van der Waals surface area contributed by atoms with Gasteiger partial charge in [-0.15, -0.1) is 0 Å². The largest absolute Gasteiger partial charge is 2.00 e. The van der Waals surface area contributed by atoms with Crippen molar-refractivity contribution in [3.05, 3.63) is 0 Å². The van der Waals surface area contributed by atoms with Crippen LogP contribution in [0.25, 0.3) is 0 Å². The number of hydrogen-bond acceptors (Lipinski definition) is 8. The van der Waals surface area contributed by atoms with E-state index in [9.17, 15) is 14.4 Å². The molecule has 0 aromatic carbocycles. The Morgan fingerprint density at radius 3 is 1.15 bits per heavy atom. The third-order valence-electron chi connectivity index (χ3n) is 1.29. The first-order valence-electron chi connectivity index (χ1n) is 3.99. The van der Waals surface area contributed by atoms with Gasteiger partial charge in [0, 0.05) is 0 Å². The van der Waals surface area contributed by atoms with Crippen molar-refractivity contribution >= 4 is 102 Å². The Labute approximate surface area is 173 Å². The molecule has 0 unspecified atom stereocenters. The molecule has 0 fully saturated rings. The zero-order valence-electron chi connectivity index (χ0n) is 9.98. The normalized spacial score (nSPS) is 10.1. The van der Waals surface area contributed by atoms with Crippen LogP contribution in [0.4, 0.5) is 0 Å². The van der Waals surface area contributed by atoms with E-state index in [1.165, 1.54) is 0 Å². The molecule has 0 radical (unpaired) electrons. The van der Waals surface area contributed by atoms with Crippen LogP contribution in [0.5, 0.6) is 0 Å². The molecule has 0 atom stereocenters. The topological polar surface area (TPSA) is 224 Å². The molecule has 0 saturated heterocycles. The molecular formula is C6H8Ca2O11Si. The SMILES string of the molecule is O=C(O)CC(O)(CC(=O)O)C(=O)O.[Ca+2].[Ca+2].[O-][Si]([O-])([O-])[O-]. The fraction of sp³-hybridized carbons (Fsp3) is 0.500. The maximum absolute atomic E-state index is 10.3. The predicted molar refractivity (Wildman–Crippen MR) is 54.4 cm³/mol. The molecule has 4 N–H and O–H groups in total. The first kappa shape index (κ1) is 29.0. The van der Waals surface area contributed by atoms with Gasteiger partial charge in [0.05, 0.1) is 12.8 Å². The minimum atomic E-state index is -5.61. The van der Waals surface area contributed by atoms with Crippen molar-refractivity contribution < 1.29 is 54.0 Å². The van der Waals surface area contributed by atoms with Gasteiger partial charge >= 0.3 is 93.4 Å². The summed E-state index contributed by atoms with van der Waals surface area (Å²) >= 11 is 0. The van der Waals surface area contributed by atoms with E-state index in [-0.39, 0.29) is 75.5 Å². The number of carboxylic acid groups (broad SMARTS) is 3. The summed E-state index contributed by atoms with van der Waals surface area (Å²) in [5.74, 6) is -5.02. The quantitative estimate of drug-likeness (QED) is 0.335. The van der Waals surface area contributed by atoms with E-state index in [0.717, 1.165) is 0 Å². The number of aliphatic hydroxyl groups is 1. The molecule has 0 bridgehead atoms. The summed E-state index contributed by atoms with van der Waals surface area (Å²) in [4.78, 5) is 64.8. The standard InChI is InChI=1S/C6H8O7.2Ca.O4Si/c7-3(8)1-6(13,5(11)12)2-4(9)10;;;1-5(2,3)4/h13H,1-2H2,(H,7,8)(H,9,10)(H,11,12);;;/q;2*+2;-4. The summed E-state index contributed by atoms with van der Waals surface area (Å²) in [6.45, 7) is 0. The van der Waals surface area contributed by atoms with Gasteiger partial charge in [0.15, 0.2) is 5.60 Å². The van der Waals surface area contributed by atoms with E-state index in [4.69, 9.17) is 39.6 Å². The van der Waals surface area contributed by atoms with Crippen molar-refractivity contribution in [3.8, 4) is 0 Å². The molecule has 0 saturated carbocycles. The first-order chi connectivity index (χ1) is 7.78. The van der Waals surface area contributed by atoms with E-state index in [0.29, 0.717) is 0 Å². The second-order valence-electron chi connectivity index (χ2n) is 2.98. The second-order valence-corrected chi connectivity index (χ2v) is 3.98. The van der Waals surface area contributed by atoms with Gasteiger partial charge in [-0.3, -0.25) is 9.59 Å². The van der Waals surface area contributed by atoms with Crippen LogP contribution in [0.2, 0.25) is 0 Å². The van der Waals surface area contributed by atoms with Gasteiger partial charge < -0.3 is 48.7 Å². The molecule has 0 spiro atoms. The van der Waals surface area contributed by atoms with Crippen LogP contribution in [0, 0.1) is 0 Å². The van der Waals surface area contributed by atoms with E-state index in [1.54, 1.807) is 0 Å². The van der Waals surface area contributed by atoms with Crippen LogP contribution in [0.1, 0.15) is 12.8 Å². The van der Waals surface area contributed by atoms with Crippen LogP contribution >= 0.6 is 0 Å². The maximum atomic E-state index is 10.3. The third kappa shape index (κ3) is 21.2. The van der Waals surface area contributed by atoms with Crippen LogP contribution in [-0.2, 0) is 14.4 Å². The molecule has 0 aromatic rings. The van der Waals surface area contributed by atoms with Crippen LogP contribution in [-0.4, -0.2) is 128 Å². The third-order valence-corrected chi connectivity index (χ3v) is 1.29. The number of carboxylic acids is 3. The van der Waals surface area contributed by atoms with Gasteiger partial charge in [0.1, 0.15) is 0 Å². The Hall–Kier alpha value is 0.946. The summed E-state index contributed by atoms with van der Waals surface area (Å²) in [6.07, 6.45) is -2.29. The van der Waals surface area contributed by atoms with Crippen LogP contribution < -0.4 is 19.2 Å². The van der Waals surface area contributed by atoms with Crippen molar-refractivity contribution in [2.45, 2.75) is 18.4 Å². The molecule has 106 valence electrons. The Kier molecular flexibility index (Phi) is 18.1.